The largest absolute Gasteiger partial charge is 0.496 e. The first-order valence-electron chi connectivity index (χ1n) is 5.29. The van der Waals surface area contributed by atoms with Crippen molar-refractivity contribution in [2.24, 2.45) is 5.73 Å². The molecule has 0 aliphatic heterocycles. The van der Waals surface area contributed by atoms with Crippen LogP contribution in [0.3, 0.4) is 0 Å². The number of hydrogen-bond donors (Lipinski definition) is 1. The van der Waals surface area contributed by atoms with Crippen LogP contribution in [0.4, 0.5) is 0 Å². The zero-order valence-electron chi connectivity index (χ0n) is 10.4. The number of methoxy groups -OCH3 is 1. The molecule has 1 aromatic carbocycles. The molecule has 98 valence electrons. The van der Waals surface area contributed by atoms with Crippen molar-refractivity contribution >= 4 is 24.0 Å². The molecule has 0 saturated carbocycles. The van der Waals surface area contributed by atoms with Gasteiger partial charge < -0.3 is 15.4 Å². The van der Waals surface area contributed by atoms with Gasteiger partial charge in [0.25, 0.3) is 0 Å². The normalized spacial score (nSPS) is 12.1. The summed E-state index contributed by atoms with van der Waals surface area (Å²) in [4.78, 5) is 2.15. The maximum Gasteiger partial charge on any atom is 0.123 e. The van der Waals surface area contributed by atoms with Crippen molar-refractivity contribution in [1.82, 2.24) is 4.90 Å². The number of nitrogens with two attached hydrogens (primary N) is 1. The number of hydrogen-bond acceptors (Lipinski definition) is 3. The van der Waals surface area contributed by atoms with E-state index in [2.05, 4.69) is 4.90 Å². The Kier molecular flexibility index (Phi) is 7.55. The molecule has 0 fully saturated rings. The lowest BCUT2D eigenvalue weighted by molar-refractivity contribution is 0.302. The van der Waals surface area contributed by atoms with Gasteiger partial charge in [0, 0.05) is 29.7 Å². The minimum Gasteiger partial charge on any atom is -0.496 e. The monoisotopic (exact) mass is 278 g/mol. The fourth-order valence-corrected chi connectivity index (χ4v) is 1.91. The molecule has 0 heterocycles. The second-order valence-electron chi connectivity index (χ2n) is 4.13. The molecule has 17 heavy (non-hydrogen) atoms. The average Bonchev–Trinajstić information content (AvgIpc) is 2.16. The minimum atomic E-state index is 0. The SMILES string of the molecule is COc1ccc(Cl)cc1CN(C)CC(C)N.Cl. The van der Waals surface area contributed by atoms with E-state index in [4.69, 9.17) is 22.1 Å². The van der Waals surface area contributed by atoms with Crippen LogP contribution in [0.5, 0.6) is 5.75 Å². The summed E-state index contributed by atoms with van der Waals surface area (Å²) in [5, 5.41) is 0.727. The van der Waals surface area contributed by atoms with Crippen LogP contribution in [-0.2, 0) is 6.54 Å². The molecular weight excluding hydrogens is 259 g/mol. The number of rotatable bonds is 5. The van der Waals surface area contributed by atoms with Gasteiger partial charge in [0.2, 0.25) is 0 Å². The van der Waals surface area contributed by atoms with Gasteiger partial charge in [-0.05, 0) is 32.2 Å². The highest BCUT2D eigenvalue weighted by Gasteiger charge is 2.08. The van der Waals surface area contributed by atoms with Gasteiger partial charge in [0.15, 0.2) is 0 Å². The molecule has 5 heteroatoms. The van der Waals surface area contributed by atoms with Crippen molar-refractivity contribution in [3.8, 4) is 5.75 Å². The molecule has 0 aromatic heterocycles. The van der Waals surface area contributed by atoms with Gasteiger partial charge in [-0.15, -0.1) is 12.4 Å². The van der Waals surface area contributed by atoms with Crippen LogP contribution in [0.1, 0.15) is 12.5 Å². The first-order chi connectivity index (χ1) is 7.52. The summed E-state index contributed by atoms with van der Waals surface area (Å²) in [5.41, 5.74) is 6.83. The maximum atomic E-state index is 5.96. The molecule has 3 nitrogen and oxygen atoms in total. The fourth-order valence-electron chi connectivity index (χ4n) is 1.72. The van der Waals surface area contributed by atoms with E-state index in [-0.39, 0.29) is 18.4 Å². The van der Waals surface area contributed by atoms with Crippen molar-refractivity contribution in [2.75, 3.05) is 20.7 Å². The molecule has 0 aliphatic rings. The molecule has 0 spiro atoms. The van der Waals surface area contributed by atoms with Crippen LogP contribution in [-0.4, -0.2) is 31.6 Å². The third-order valence-electron chi connectivity index (χ3n) is 2.28. The number of halogens is 2. The molecular formula is C12H20Cl2N2O. The molecule has 2 N–H and O–H groups in total. The predicted molar refractivity (Wildman–Crippen MR) is 75.2 cm³/mol. The number of nitrogens with zero attached hydrogens (tertiary/aromatic N) is 1. The van der Waals surface area contributed by atoms with E-state index in [0.29, 0.717) is 0 Å². The Bertz CT molecular complexity index is 345. The molecule has 1 aromatic rings. The molecule has 0 aliphatic carbocycles. The van der Waals surface area contributed by atoms with E-state index in [1.165, 1.54) is 0 Å². The van der Waals surface area contributed by atoms with Crippen LogP contribution < -0.4 is 10.5 Å². The zero-order valence-corrected chi connectivity index (χ0v) is 12.0. The summed E-state index contributed by atoms with van der Waals surface area (Å²) in [7, 11) is 3.70. The van der Waals surface area contributed by atoms with E-state index in [1.54, 1.807) is 7.11 Å². The quantitative estimate of drug-likeness (QED) is 0.900. The maximum absolute atomic E-state index is 5.96. The Hall–Kier alpha value is -0.480. The highest BCUT2D eigenvalue weighted by molar-refractivity contribution is 6.30. The Labute approximate surface area is 114 Å². The number of likely N-dealkylation sites (N-methyl/N-ethyl adjacent to an activating group) is 1. The summed E-state index contributed by atoms with van der Waals surface area (Å²) < 4.78 is 5.29. The average molecular weight is 279 g/mol. The zero-order chi connectivity index (χ0) is 12.1. The molecule has 0 saturated heterocycles. The van der Waals surface area contributed by atoms with Crippen molar-refractivity contribution in [1.29, 1.82) is 0 Å². The second-order valence-corrected chi connectivity index (χ2v) is 4.57. The lowest BCUT2D eigenvalue weighted by atomic mass is 10.2. The van der Waals surface area contributed by atoms with Crippen molar-refractivity contribution in [3.63, 3.8) is 0 Å². The lowest BCUT2D eigenvalue weighted by Gasteiger charge is -2.20. The van der Waals surface area contributed by atoms with Crippen molar-refractivity contribution in [2.45, 2.75) is 19.5 Å². The number of benzene rings is 1. The topological polar surface area (TPSA) is 38.5 Å². The summed E-state index contributed by atoms with van der Waals surface area (Å²) >= 11 is 5.96. The molecule has 0 bridgehead atoms. The van der Waals surface area contributed by atoms with Gasteiger partial charge >= 0.3 is 0 Å². The first-order valence-corrected chi connectivity index (χ1v) is 5.67. The first kappa shape index (κ1) is 16.5. The van der Waals surface area contributed by atoms with E-state index < -0.39 is 0 Å². The smallest absolute Gasteiger partial charge is 0.123 e. The van der Waals surface area contributed by atoms with Crippen molar-refractivity contribution in [3.05, 3.63) is 28.8 Å². The van der Waals surface area contributed by atoms with Gasteiger partial charge in [-0.1, -0.05) is 11.6 Å². The molecule has 0 amide bonds. The highest BCUT2D eigenvalue weighted by Crippen LogP contribution is 2.23. The summed E-state index contributed by atoms with van der Waals surface area (Å²) in [6.07, 6.45) is 0. The van der Waals surface area contributed by atoms with E-state index >= 15 is 0 Å². The van der Waals surface area contributed by atoms with Gasteiger partial charge in [-0.3, -0.25) is 0 Å². The minimum absolute atomic E-state index is 0. The Morgan fingerprint density at radius 3 is 2.65 bits per heavy atom. The molecule has 1 atom stereocenters. The summed E-state index contributed by atoms with van der Waals surface area (Å²) in [6, 6.07) is 5.81. The van der Waals surface area contributed by atoms with Gasteiger partial charge in [-0.25, -0.2) is 0 Å². The Morgan fingerprint density at radius 1 is 1.47 bits per heavy atom. The van der Waals surface area contributed by atoms with Gasteiger partial charge in [-0.2, -0.15) is 0 Å². The van der Waals surface area contributed by atoms with E-state index in [9.17, 15) is 0 Å². The predicted octanol–water partition coefficient (Wildman–Crippen LogP) is 2.55. The van der Waals surface area contributed by atoms with Crippen LogP contribution in [0.25, 0.3) is 0 Å². The van der Waals surface area contributed by atoms with Crippen LogP contribution in [0, 0.1) is 0 Å². The van der Waals surface area contributed by atoms with E-state index in [1.807, 2.05) is 32.2 Å². The van der Waals surface area contributed by atoms with Gasteiger partial charge in [0.05, 0.1) is 7.11 Å². The molecule has 1 rings (SSSR count). The molecule has 1 unspecified atom stereocenters. The van der Waals surface area contributed by atoms with Crippen molar-refractivity contribution < 1.29 is 4.74 Å². The summed E-state index contributed by atoms with van der Waals surface area (Å²) in [5.74, 6) is 0.862. The third kappa shape index (κ3) is 5.59. The number of ether oxygens (including phenoxy) is 1. The third-order valence-corrected chi connectivity index (χ3v) is 2.52. The Morgan fingerprint density at radius 2 is 2.12 bits per heavy atom. The van der Waals surface area contributed by atoms with Crippen LogP contribution >= 0.6 is 24.0 Å². The van der Waals surface area contributed by atoms with Crippen LogP contribution in [0.15, 0.2) is 18.2 Å². The Balaban J connectivity index is 0.00000256. The van der Waals surface area contributed by atoms with Crippen LogP contribution in [0.2, 0.25) is 5.02 Å². The highest BCUT2D eigenvalue weighted by atomic mass is 35.5. The fraction of sp³-hybridized carbons (Fsp3) is 0.500. The summed E-state index contributed by atoms with van der Waals surface area (Å²) in [6.45, 7) is 3.62. The van der Waals surface area contributed by atoms with E-state index in [0.717, 1.165) is 29.4 Å². The molecule has 0 radical (unpaired) electrons. The second kappa shape index (κ2) is 7.77. The standard InChI is InChI=1S/C12H19ClN2O.ClH/c1-9(14)7-15(2)8-10-6-11(13)4-5-12(10)16-3;/h4-6,9H,7-8,14H2,1-3H3;1H. The van der Waals surface area contributed by atoms with Gasteiger partial charge in [0.1, 0.15) is 5.75 Å². The lowest BCUT2D eigenvalue weighted by Crippen LogP contribution is -2.32.